The minimum absolute atomic E-state index is 0.209. The van der Waals surface area contributed by atoms with E-state index in [9.17, 15) is 13.2 Å². The molecule has 206 valence electrons. The zero-order valence-corrected chi connectivity index (χ0v) is 22.5. The second-order valence-corrected chi connectivity index (χ2v) is 10.3. The fourth-order valence-electron chi connectivity index (χ4n) is 5.28. The number of unbranched alkanes of at least 4 members (excludes halogenated alkanes) is 1. The van der Waals surface area contributed by atoms with Crippen LogP contribution >= 0.6 is 0 Å². The first-order valence-corrected chi connectivity index (χ1v) is 13.6. The van der Waals surface area contributed by atoms with Gasteiger partial charge in [0.15, 0.2) is 0 Å². The number of ether oxygens (including phenoxy) is 1. The Labute approximate surface area is 227 Å². The zero-order valence-electron chi connectivity index (χ0n) is 22.5. The fourth-order valence-corrected chi connectivity index (χ4v) is 5.28. The van der Waals surface area contributed by atoms with Crippen LogP contribution < -0.4 is 4.74 Å². The number of hydrogen-bond acceptors (Lipinski definition) is 4. The highest BCUT2D eigenvalue weighted by atomic mass is 19.4. The van der Waals surface area contributed by atoms with E-state index in [1.165, 1.54) is 23.3 Å². The quantitative estimate of drug-likeness (QED) is 0.230. The lowest BCUT2D eigenvalue weighted by Gasteiger charge is -2.34. The Bertz CT molecular complexity index is 1390. The number of hydrogen-bond donors (Lipinski definition) is 0. The minimum atomic E-state index is -4.70. The molecule has 1 saturated heterocycles. The number of piperazine rings is 1. The van der Waals surface area contributed by atoms with Crippen LogP contribution in [0.25, 0.3) is 22.0 Å². The van der Waals surface area contributed by atoms with Crippen molar-refractivity contribution >= 4 is 10.9 Å². The van der Waals surface area contributed by atoms with Gasteiger partial charge in [0.2, 0.25) is 0 Å². The van der Waals surface area contributed by atoms with E-state index in [0.717, 1.165) is 86.4 Å². The first kappa shape index (κ1) is 27.2. The number of aryl methyl sites for hydroxylation is 2. The maximum Gasteiger partial charge on any atom is 0.573 e. The summed E-state index contributed by atoms with van der Waals surface area (Å²) in [5.74, 6) is -0.209. The molecule has 2 aromatic carbocycles. The Morgan fingerprint density at radius 1 is 0.923 bits per heavy atom. The van der Waals surface area contributed by atoms with Gasteiger partial charge in [-0.05, 0) is 60.4 Å². The largest absolute Gasteiger partial charge is 0.573 e. The molecule has 0 spiro atoms. The van der Waals surface area contributed by atoms with Gasteiger partial charge in [0, 0.05) is 74.7 Å². The Hall–Kier alpha value is -3.36. The molecule has 1 fully saturated rings. The molecule has 39 heavy (non-hydrogen) atoms. The molecule has 0 saturated carbocycles. The summed E-state index contributed by atoms with van der Waals surface area (Å²) in [5, 5.41) is 1.12. The summed E-state index contributed by atoms with van der Waals surface area (Å²) in [6.45, 7) is 10.9. The molecular formula is C31H35F3N4O. The molecule has 1 aliphatic rings. The minimum Gasteiger partial charge on any atom is -0.406 e. The third-order valence-corrected chi connectivity index (χ3v) is 7.46. The van der Waals surface area contributed by atoms with E-state index in [-0.39, 0.29) is 5.75 Å². The van der Waals surface area contributed by atoms with Crippen LogP contribution in [-0.2, 0) is 19.6 Å². The number of fused-ring (bicyclic) bond motifs is 1. The Morgan fingerprint density at radius 3 is 2.31 bits per heavy atom. The van der Waals surface area contributed by atoms with Gasteiger partial charge in [-0.1, -0.05) is 37.6 Å². The molecule has 2 aromatic heterocycles. The van der Waals surface area contributed by atoms with Gasteiger partial charge >= 0.3 is 6.36 Å². The highest BCUT2D eigenvalue weighted by Crippen LogP contribution is 2.34. The van der Waals surface area contributed by atoms with Crippen molar-refractivity contribution in [3.63, 3.8) is 0 Å². The molecule has 3 heterocycles. The maximum absolute atomic E-state index is 12.6. The SMILES string of the molecule is CCCCn1cc(-c2ccc(OC(F)(F)F)cc2)c2cc(CN3CCN(Cc4ncccc4C)CC3)ccc21. The molecule has 0 N–H and O–H groups in total. The van der Waals surface area contributed by atoms with Crippen molar-refractivity contribution in [3.05, 3.63) is 83.8 Å². The van der Waals surface area contributed by atoms with Gasteiger partial charge in [0.05, 0.1) is 5.69 Å². The summed E-state index contributed by atoms with van der Waals surface area (Å²) in [7, 11) is 0. The van der Waals surface area contributed by atoms with Crippen LogP contribution in [0.15, 0.2) is 67.0 Å². The maximum atomic E-state index is 12.6. The highest BCUT2D eigenvalue weighted by Gasteiger charge is 2.31. The Kier molecular flexibility index (Phi) is 8.23. The fraction of sp³-hybridized carbons (Fsp3) is 0.387. The molecule has 5 rings (SSSR count). The van der Waals surface area contributed by atoms with Crippen LogP contribution in [0.1, 0.15) is 36.6 Å². The van der Waals surface area contributed by atoms with Crippen LogP contribution in [0.2, 0.25) is 0 Å². The Morgan fingerprint density at radius 2 is 1.64 bits per heavy atom. The topological polar surface area (TPSA) is 33.5 Å². The van der Waals surface area contributed by atoms with Crippen LogP contribution in [0, 0.1) is 6.92 Å². The molecule has 4 aromatic rings. The standard InChI is InChI=1S/C31H35F3N4O/c1-3-4-14-38-21-28(25-8-10-26(11-9-25)39-31(32,33)34)27-19-24(7-12-30(27)38)20-36-15-17-37(18-16-36)22-29-23(2)6-5-13-35-29/h5-13,19,21H,3-4,14-18,20,22H2,1-2H3. The van der Waals surface area contributed by atoms with Crippen LogP contribution in [0.4, 0.5) is 13.2 Å². The molecular weight excluding hydrogens is 501 g/mol. The van der Waals surface area contributed by atoms with E-state index in [1.54, 1.807) is 12.1 Å². The molecule has 0 unspecified atom stereocenters. The van der Waals surface area contributed by atoms with Crippen molar-refractivity contribution in [2.75, 3.05) is 26.2 Å². The smallest absolute Gasteiger partial charge is 0.406 e. The second kappa shape index (κ2) is 11.8. The van der Waals surface area contributed by atoms with E-state index in [2.05, 4.69) is 68.4 Å². The summed E-state index contributed by atoms with van der Waals surface area (Å²) in [6.07, 6.45) is 1.44. The number of benzene rings is 2. The van der Waals surface area contributed by atoms with Gasteiger partial charge in [-0.2, -0.15) is 0 Å². The lowest BCUT2D eigenvalue weighted by molar-refractivity contribution is -0.274. The summed E-state index contributed by atoms with van der Waals surface area (Å²) < 4.78 is 44.2. The van der Waals surface area contributed by atoms with Crippen LogP contribution in [0.5, 0.6) is 5.75 Å². The van der Waals surface area contributed by atoms with Crippen LogP contribution in [0.3, 0.4) is 0 Å². The summed E-state index contributed by atoms with van der Waals surface area (Å²) >= 11 is 0. The molecule has 0 radical (unpaired) electrons. The number of pyridine rings is 1. The first-order valence-electron chi connectivity index (χ1n) is 13.6. The highest BCUT2D eigenvalue weighted by molar-refractivity contribution is 5.96. The average Bonchev–Trinajstić information content (AvgIpc) is 3.27. The lowest BCUT2D eigenvalue weighted by Crippen LogP contribution is -2.45. The van der Waals surface area contributed by atoms with Crippen molar-refractivity contribution < 1.29 is 17.9 Å². The van der Waals surface area contributed by atoms with E-state index in [4.69, 9.17) is 0 Å². The summed E-state index contributed by atoms with van der Waals surface area (Å²) in [6, 6.07) is 16.9. The lowest BCUT2D eigenvalue weighted by atomic mass is 10.0. The predicted molar refractivity (Wildman–Crippen MR) is 148 cm³/mol. The third-order valence-electron chi connectivity index (χ3n) is 7.46. The average molecular weight is 537 g/mol. The van der Waals surface area contributed by atoms with Gasteiger partial charge in [-0.3, -0.25) is 14.8 Å². The van der Waals surface area contributed by atoms with Crippen molar-refractivity contribution in [3.8, 4) is 16.9 Å². The van der Waals surface area contributed by atoms with Gasteiger partial charge in [-0.15, -0.1) is 13.2 Å². The van der Waals surface area contributed by atoms with Crippen LogP contribution in [-0.4, -0.2) is 51.9 Å². The monoisotopic (exact) mass is 536 g/mol. The summed E-state index contributed by atoms with van der Waals surface area (Å²) in [5.41, 5.74) is 6.67. The molecule has 0 atom stereocenters. The molecule has 0 bridgehead atoms. The van der Waals surface area contributed by atoms with Gasteiger partial charge < -0.3 is 9.30 Å². The molecule has 1 aliphatic heterocycles. The normalized spacial score (nSPS) is 15.2. The van der Waals surface area contributed by atoms with E-state index in [0.29, 0.717) is 0 Å². The van der Waals surface area contributed by atoms with E-state index in [1.807, 2.05) is 12.3 Å². The zero-order chi connectivity index (χ0) is 27.4. The number of alkyl halides is 3. The molecule has 8 heteroatoms. The van der Waals surface area contributed by atoms with Crippen molar-refractivity contribution in [1.82, 2.24) is 19.4 Å². The predicted octanol–water partition coefficient (Wildman–Crippen LogP) is 7.03. The third kappa shape index (κ3) is 6.81. The number of halogens is 3. The van der Waals surface area contributed by atoms with Gasteiger partial charge in [0.25, 0.3) is 0 Å². The van der Waals surface area contributed by atoms with Crippen molar-refractivity contribution in [2.24, 2.45) is 0 Å². The van der Waals surface area contributed by atoms with Crippen molar-refractivity contribution in [2.45, 2.75) is 52.7 Å². The first-order chi connectivity index (χ1) is 18.8. The Balaban J connectivity index is 1.32. The molecule has 0 aliphatic carbocycles. The van der Waals surface area contributed by atoms with E-state index >= 15 is 0 Å². The molecule has 0 amide bonds. The summed E-state index contributed by atoms with van der Waals surface area (Å²) in [4.78, 5) is 9.50. The van der Waals surface area contributed by atoms with Crippen molar-refractivity contribution in [1.29, 1.82) is 0 Å². The number of rotatable bonds is 9. The number of aromatic nitrogens is 2. The second-order valence-electron chi connectivity index (χ2n) is 10.3. The van der Waals surface area contributed by atoms with Gasteiger partial charge in [0.1, 0.15) is 5.75 Å². The number of nitrogens with zero attached hydrogens (tertiary/aromatic N) is 4. The van der Waals surface area contributed by atoms with Gasteiger partial charge in [-0.25, -0.2) is 0 Å². The van der Waals surface area contributed by atoms with E-state index < -0.39 is 6.36 Å². The molecule has 5 nitrogen and oxygen atoms in total.